The first-order chi connectivity index (χ1) is 18.0. The summed E-state index contributed by atoms with van der Waals surface area (Å²) < 4.78 is 41.7. The first-order valence-corrected chi connectivity index (χ1v) is 12.9. The number of ether oxygens (including phenoxy) is 1. The highest BCUT2D eigenvalue weighted by molar-refractivity contribution is 6.31. The van der Waals surface area contributed by atoms with Gasteiger partial charge in [-0.05, 0) is 73.6 Å². The number of carboxylic acid groups (broad SMARTS) is 1. The fourth-order valence-corrected chi connectivity index (χ4v) is 6.36. The Morgan fingerprint density at radius 2 is 1.79 bits per heavy atom. The van der Waals surface area contributed by atoms with Crippen molar-refractivity contribution in [3.8, 4) is 5.75 Å². The summed E-state index contributed by atoms with van der Waals surface area (Å²) >= 11 is 6.36. The van der Waals surface area contributed by atoms with Gasteiger partial charge >= 0.3 is 12.3 Å². The van der Waals surface area contributed by atoms with Gasteiger partial charge in [-0.1, -0.05) is 24.1 Å². The van der Waals surface area contributed by atoms with Crippen molar-refractivity contribution in [3.05, 3.63) is 58.6 Å². The monoisotopic (exact) mass is 550 g/mol. The average molecular weight is 551 g/mol. The van der Waals surface area contributed by atoms with Gasteiger partial charge in [0.05, 0.1) is 6.42 Å². The number of alkyl halides is 3. The zero-order valence-electron chi connectivity index (χ0n) is 20.3. The van der Waals surface area contributed by atoms with Crippen LogP contribution in [0.3, 0.4) is 0 Å². The van der Waals surface area contributed by atoms with Crippen LogP contribution in [0.4, 0.5) is 18.9 Å². The smallest absolute Gasteiger partial charge is 0.481 e. The van der Waals surface area contributed by atoms with Crippen molar-refractivity contribution in [2.45, 2.75) is 68.8 Å². The number of nitrogens with one attached hydrogen (secondary N) is 1. The lowest BCUT2D eigenvalue weighted by atomic mass is 9.72. The fourth-order valence-electron chi connectivity index (χ4n) is 6.19. The molecule has 2 aromatic rings. The minimum Gasteiger partial charge on any atom is -0.481 e. The number of carbonyl (C=O) groups is 3. The Morgan fingerprint density at radius 3 is 2.42 bits per heavy atom. The van der Waals surface area contributed by atoms with Gasteiger partial charge in [0.15, 0.2) is 0 Å². The molecular formula is C27H26ClF3N2O5. The molecule has 2 N–H and O–H groups in total. The molecule has 0 spiro atoms. The maximum atomic E-state index is 13.8. The summed E-state index contributed by atoms with van der Waals surface area (Å²) in [6.07, 6.45) is -1.25. The van der Waals surface area contributed by atoms with Crippen molar-refractivity contribution in [2.24, 2.45) is 5.92 Å². The van der Waals surface area contributed by atoms with Gasteiger partial charge < -0.3 is 20.1 Å². The van der Waals surface area contributed by atoms with Crippen LogP contribution in [-0.4, -0.2) is 40.8 Å². The van der Waals surface area contributed by atoms with E-state index >= 15 is 0 Å². The van der Waals surface area contributed by atoms with Crippen LogP contribution in [0, 0.1) is 5.92 Å². The van der Waals surface area contributed by atoms with Crippen molar-refractivity contribution in [2.75, 3.05) is 4.90 Å². The maximum Gasteiger partial charge on any atom is 0.573 e. The van der Waals surface area contributed by atoms with Crippen molar-refractivity contribution in [1.82, 2.24) is 5.32 Å². The Kier molecular flexibility index (Phi) is 6.79. The summed E-state index contributed by atoms with van der Waals surface area (Å²) in [5.74, 6) is -2.15. The van der Waals surface area contributed by atoms with E-state index in [2.05, 4.69) is 10.1 Å². The van der Waals surface area contributed by atoms with Gasteiger partial charge in [-0.15, -0.1) is 13.2 Å². The summed E-state index contributed by atoms with van der Waals surface area (Å²) in [6.45, 7) is 0. The predicted molar refractivity (Wildman–Crippen MR) is 132 cm³/mol. The van der Waals surface area contributed by atoms with Crippen molar-refractivity contribution < 1.29 is 37.4 Å². The molecule has 3 unspecified atom stereocenters. The molecule has 202 valence electrons. The maximum absolute atomic E-state index is 13.8. The summed E-state index contributed by atoms with van der Waals surface area (Å²) in [7, 11) is 0. The highest BCUT2D eigenvalue weighted by atomic mass is 35.5. The standard InChI is InChI=1S/C27H26ClF3N2O5/c28-16-6-9-19-21(14-16)33(25(37)15-4-7-17(8-5-15)38-27(29,30)31)20-3-1-2-18(20)24(19)26(12-13-26)32-22(34)10-11-23(35)36/h4-9,14,18,20,24H,1-3,10-13H2,(H,32,34)(H,35,36). The van der Waals surface area contributed by atoms with Crippen LogP contribution in [0.25, 0.3) is 0 Å². The molecule has 0 bridgehead atoms. The number of nitrogens with zero attached hydrogens (tertiary/aromatic N) is 1. The summed E-state index contributed by atoms with van der Waals surface area (Å²) in [5, 5.41) is 12.5. The molecule has 0 aromatic heterocycles. The molecule has 2 amide bonds. The second kappa shape index (κ2) is 9.80. The van der Waals surface area contributed by atoms with Crippen molar-refractivity contribution in [3.63, 3.8) is 0 Å². The van der Waals surface area contributed by atoms with Crippen LogP contribution >= 0.6 is 11.6 Å². The van der Waals surface area contributed by atoms with E-state index in [4.69, 9.17) is 16.7 Å². The molecule has 3 atom stereocenters. The van der Waals surface area contributed by atoms with Crippen LogP contribution in [0.15, 0.2) is 42.5 Å². The lowest BCUT2D eigenvalue weighted by Gasteiger charge is -2.47. The third kappa shape index (κ3) is 5.18. The average Bonchev–Trinajstić information content (AvgIpc) is 3.45. The second-order valence-electron chi connectivity index (χ2n) is 10.2. The molecule has 7 nitrogen and oxygen atoms in total. The zero-order valence-corrected chi connectivity index (χ0v) is 21.0. The number of amides is 2. The van der Waals surface area contributed by atoms with Crippen LogP contribution in [-0.2, 0) is 9.59 Å². The van der Waals surface area contributed by atoms with E-state index in [-0.39, 0.29) is 48.1 Å². The lowest BCUT2D eigenvalue weighted by molar-refractivity contribution is -0.274. The molecule has 11 heteroatoms. The number of halogens is 4. The van der Waals surface area contributed by atoms with E-state index in [0.717, 1.165) is 49.8 Å². The molecule has 1 heterocycles. The van der Waals surface area contributed by atoms with Crippen LogP contribution in [0.1, 0.15) is 66.8 Å². The first kappa shape index (κ1) is 26.3. The van der Waals surface area contributed by atoms with E-state index in [1.165, 1.54) is 12.1 Å². The molecule has 1 aliphatic heterocycles. The fraction of sp³-hybridized carbons (Fsp3) is 0.444. The molecule has 0 saturated heterocycles. The molecule has 0 radical (unpaired) electrons. The minimum absolute atomic E-state index is 0.0442. The van der Waals surface area contributed by atoms with Gasteiger partial charge in [0.25, 0.3) is 5.91 Å². The predicted octanol–water partition coefficient (Wildman–Crippen LogP) is 5.66. The number of carbonyl (C=O) groups excluding carboxylic acids is 2. The number of hydrogen-bond donors (Lipinski definition) is 2. The molecule has 38 heavy (non-hydrogen) atoms. The summed E-state index contributed by atoms with van der Waals surface area (Å²) in [5.41, 5.74) is 1.20. The van der Waals surface area contributed by atoms with E-state index in [9.17, 15) is 27.6 Å². The molecule has 5 rings (SSSR count). The quantitative estimate of drug-likeness (QED) is 0.463. The van der Waals surface area contributed by atoms with Crippen LogP contribution < -0.4 is 15.0 Å². The third-order valence-electron chi connectivity index (χ3n) is 7.77. The number of aliphatic carboxylic acids is 1. The molecule has 2 fully saturated rings. The molecule has 2 aliphatic carbocycles. The second-order valence-corrected chi connectivity index (χ2v) is 10.6. The summed E-state index contributed by atoms with van der Waals surface area (Å²) in [6, 6.07) is 10.0. The Labute approximate surface area is 221 Å². The van der Waals surface area contributed by atoms with Gasteiger partial charge in [0, 0.05) is 40.2 Å². The Hall–Kier alpha value is -3.27. The first-order valence-electron chi connectivity index (χ1n) is 12.5. The van der Waals surface area contributed by atoms with Crippen molar-refractivity contribution >= 4 is 35.1 Å². The SMILES string of the molecule is O=C(O)CCC(=O)NC1(C2c3ccc(Cl)cc3N(C(=O)c3ccc(OC(F)(F)F)cc3)C3CCCC32)CC1. The zero-order chi connectivity index (χ0) is 27.2. The van der Waals surface area contributed by atoms with Gasteiger partial charge in [-0.25, -0.2) is 0 Å². The van der Waals surface area contributed by atoms with Gasteiger partial charge in [-0.3, -0.25) is 14.4 Å². The van der Waals surface area contributed by atoms with E-state index < -0.39 is 23.6 Å². The molecule has 2 aromatic carbocycles. The largest absolute Gasteiger partial charge is 0.573 e. The van der Waals surface area contributed by atoms with E-state index in [1.54, 1.807) is 17.0 Å². The van der Waals surface area contributed by atoms with E-state index in [1.807, 2.05) is 6.07 Å². The summed E-state index contributed by atoms with van der Waals surface area (Å²) in [4.78, 5) is 39.1. The Bertz CT molecular complexity index is 1260. The third-order valence-corrected chi connectivity index (χ3v) is 8.01. The number of fused-ring (bicyclic) bond motifs is 2. The molecule has 3 aliphatic rings. The number of anilines is 1. The van der Waals surface area contributed by atoms with Gasteiger partial charge in [0.1, 0.15) is 5.75 Å². The normalized spacial score (nSPS) is 23.3. The number of rotatable bonds is 7. The lowest BCUT2D eigenvalue weighted by Crippen LogP contribution is -2.53. The van der Waals surface area contributed by atoms with Crippen molar-refractivity contribution in [1.29, 1.82) is 0 Å². The van der Waals surface area contributed by atoms with Crippen LogP contribution in [0.5, 0.6) is 5.75 Å². The molecular weight excluding hydrogens is 525 g/mol. The Balaban J connectivity index is 1.48. The number of benzene rings is 2. The van der Waals surface area contributed by atoms with E-state index in [0.29, 0.717) is 10.7 Å². The Morgan fingerprint density at radius 1 is 1.08 bits per heavy atom. The number of hydrogen-bond acceptors (Lipinski definition) is 4. The topological polar surface area (TPSA) is 95.9 Å². The van der Waals surface area contributed by atoms with Gasteiger partial charge in [-0.2, -0.15) is 0 Å². The minimum atomic E-state index is -4.83. The van der Waals surface area contributed by atoms with Crippen LogP contribution in [0.2, 0.25) is 5.02 Å². The van der Waals surface area contributed by atoms with Gasteiger partial charge in [0.2, 0.25) is 5.91 Å². The highest BCUT2D eigenvalue weighted by Gasteiger charge is 2.59. The molecule has 2 saturated carbocycles. The number of carboxylic acids is 1. The highest BCUT2D eigenvalue weighted by Crippen LogP contribution is 2.60.